The van der Waals surface area contributed by atoms with Crippen LogP contribution in [0.15, 0.2) is 46.7 Å². The second kappa shape index (κ2) is 6.99. The fourth-order valence-corrected chi connectivity index (χ4v) is 4.35. The molecule has 20 heavy (non-hydrogen) atoms. The van der Waals surface area contributed by atoms with Crippen LogP contribution in [0.25, 0.3) is 0 Å². The Hall–Kier alpha value is -1.21. The summed E-state index contributed by atoms with van der Waals surface area (Å²) in [4.78, 5) is 1.00. The molecule has 108 valence electrons. The highest BCUT2D eigenvalue weighted by molar-refractivity contribution is 7.89. The van der Waals surface area contributed by atoms with Crippen LogP contribution in [0.5, 0.6) is 0 Å². The molecule has 6 heteroatoms. The lowest BCUT2D eigenvalue weighted by molar-refractivity contribution is 0.578. The van der Waals surface area contributed by atoms with Gasteiger partial charge in [0, 0.05) is 18.0 Å². The Morgan fingerprint density at radius 3 is 2.60 bits per heavy atom. The highest BCUT2D eigenvalue weighted by Gasteiger charge is 2.18. The molecular weight excluding hydrogens is 292 g/mol. The van der Waals surface area contributed by atoms with E-state index in [0.717, 1.165) is 12.8 Å². The average molecular weight is 310 g/mol. The fourth-order valence-electron chi connectivity index (χ4n) is 1.94. The van der Waals surface area contributed by atoms with Crippen molar-refractivity contribution >= 4 is 21.4 Å². The molecule has 1 aromatic heterocycles. The van der Waals surface area contributed by atoms with Crippen LogP contribution >= 0.6 is 11.3 Å². The third kappa shape index (κ3) is 3.89. The van der Waals surface area contributed by atoms with Crippen molar-refractivity contribution in [1.82, 2.24) is 4.72 Å². The third-order valence-electron chi connectivity index (χ3n) is 2.96. The molecule has 0 aliphatic carbocycles. The summed E-state index contributed by atoms with van der Waals surface area (Å²) in [5.41, 5.74) is 6.75. The summed E-state index contributed by atoms with van der Waals surface area (Å²) >= 11 is 1.37. The smallest absolute Gasteiger partial charge is 0.241 e. The van der Waals surface area contributed by atoms with E-state index in [0.29, 0.717) is 16.3 Å². The van der Waals surface area contributed by atoms with E-state index in [1.54, 1.807) is 11.4 Å². The SMILES string of the molecule is NCc1sccc1S(=O)(=O)NCCCc1ccccc1. The van der Waals surface area contributed by atoms with Crippen molar-refractivity contribution in [1.29, 1.82) is 0 Å². The Morgan fingerprint density at radius 2 is 1.90 bits per heavy atom. The zero-order chi connectivity index (χ0) is 14.4. The highest BCUT2D eigenvalue weighted by atomic mass is 32.2. The number of nitrogens with one attached hydrogen (secondary N) is 1. The number of nitrogens with two attached hydrogens (primary N) is 1. The van der Waals surface area contributed by atoms with Crippen LogP contribution in [0.1, 0.15) is 16.9 Å². The molecule has 4 nitrogen and oxygen atoms in total. The van der Waals surface area contributed by atoms with Crippen molar-refractivity contribution in [2.75, 3.05) is 6.54 Å². The van der Waals surface area contributed by atoms with Crippen molar-refractivity contribution in [3.63, 3.8) is 0 Å². The zero-order valence-corrected chi connectivity index (χ0v) is 12.7. The lowest BCUT2D eigenvalue weighted by Gasteiger charge is -2.07. The van der Waals surface area contributed by atoms with Gasteiger partial charge in [-0.25, -0.2) is 13.1 Å². The van der Waals surface area contributed by atoms with E-state index in [-0.39, 0.29) is 6.54 Å². The molecule has 0 unspecified atom stereocenters. The monoisotopic (exact) mass is 310 g/mol. The van der Waals surface area contributed by atoms with Crippen molar-refractivity contribution < 1.29 is 8.42 Å². The summed E-state index contributed by atoms with van der Waals surface area (Å²) in [6.45, 7) is 0.676. The molecule has 0 spiro atoms. The van der Waals surface area contributed by atoms with Crippen molar-refractivity contribution in [3.05, 3.63) is 52.2 Å². The number of aryl methyl sites for hydroxylation is 1. The second-order valence-corrected chi connectivity index (χ2v) is 7.14. The molecule has 0 saturated carbocycles. The Balaban J connectivity index is 1.87. The number of benzene rings is 1. The molecule has 0 bridgehead atoms. The van der Waals surface area contributed by atoms with Crippen LogP contribution < -0.4 is 10.5 Å². The minimum absolute atomic E-state index is 0.248. The summed E-state index contributed by atoms with van der Waals surface area (Å²) in [6, 6.07) is 11.6. The van der Waals surface area contributed by atoms with Gasteiger partial charge in [0.15, 0.2) is 0 Å². The highest BCUT2D eigenvalue weighted by Crippen LogP contribution is 2.20. The van der Waals surface area contributed by atoms with Gasteiger partial charge in [-0.1, -0.05) is 30.3 Å². The molecule has 0 atom stereocenters. The number of rotatable bonds is 7. The van der Waals surface area contributed by atoms with Crippen molar-refractivity contribution in [2.45, 2.75) is 24.3 Å². The average Bonchev–Trinajstić information content (AvgIpc) is 2.94. The van der Waals surface area contributed by atoms with Gasteiger partial charge in [0.1, 0.15) is 0 Å². The van der Waals surface area contributed by atoms with Crippen LogP contribution in [0, 0.1) is 0 Å². The van der Waals surface area contributed by atoms with Crippen LogP contribution in [0.4, 0.5) is 0 Å². The minimum Gasteiger partial charge on any atom is -0.326 e. The van der Waals surface area contributed by atoms with Crippen molar-refractivity contribution in [3.8, 4) is 0 Å². The lowest BCUT2D eigenvalue weighted by Crippen LogP contribution is -2.25. The second-order valence-electron chi connectivity index (χ2n) is 4.40. The molecule has 0 aliphatic rings. The van der Waals surface area contributed by atoms with Crippen LogP contribution in [-0.2, 0) is 23.0 Å². The summed E-state index contributed by atoms with van der Waals surface area (Å²) < 4.78 is 26.9. The summed E-state index contributed by atoms with van der Waals surface area (Å²) in [7, 11) is -3.43. The van der Waals surface area contributed by atoms with Gasteiger partial charge in [-0.15, -0.1) is 11.3 Å². The van der Waals surface area contributed by atoms with Gasteiger partial charge in [0.05, 0.1) is 4.90 Å². The van der Waals surface area contributed by atoms with Gasteiger partial charge >= 0.3 is 0 Å². The molecular formula is C14H18N2O2S2. The first-order valence-corrected chi connectivity index (χ1v) is 8.80. The van der Waals surface area contributed by atoms with E-state index in [2.05, 4.69) is 4.72 Å². The normalized spacial score (nSPS) is 11.7. The molecule has 0 saturated heterocycles. The lowest BCUT2D eigenvalue weighted by atomic mass is 10.1. The molecule has 0 amide bonds. The Labute approximate surface area is 123 Å². The maximum Gasteiger partial charge on any atom is 0.241 e. The summed E-state index contributed by atoms with van der Waals surface area (Å²) in [6.07, 6.45) is 1.63. The molecule has 1 heterocycles. The predicted molar refractivity (Wildman–Crippen MR) is 82.2 cm³/mol. The van der Waals surface area contributed by atoms with E-state index >= 15 is 0 Å². The molecule has 0 radical (unpaired) electrons. The molecule has 3 N–H and O–H groups in total. The van der Waals surface area contributed by atoms with Gasteiger partial charge in [-0.3, -0.25) is 0 Å². The number of sulfonamides is 1. The molecule has 2 aromatic rings. The molecule has 0 aliphatic heterocycles. The first kappa shape index (κ1) is 15.2. The van der Waals surface area contributed by atoms with Crippen LogP contribution in [0.3, 0.4) is 0 Å². The van der Waals surface area contributed by atoms with Gasteiger partial charge in [0.25, 0.3) is 0 Å². The minimum atomic E-state index is -3.43. The van der Waals surface area contributed by atoms with Gasteiger partial charge in [-0.05, 0) is 29.9 Å². The third-order valence-corrected chi connectivity index (χ3v) is 5.57. The standard InChI is InChI=1S/C14H18N2O2S2/c15-11-13-14(8-10-19-13)20(17,18)16-9-4-7-12-5-2-1-3-6-12/h1-3,5-6,8,10,16H,4,7,9,11,15H2. The summed E-state index contributed by atoms with van der Waals surface area (Å²) in [5, 5.41) is 1.75. The fraction of sp³-hybridized carbons (Fsp3) is 0.286. The first-order valence-electron chi connectivity index (χ1n) is 6.43. The zero-order valence-electron chi connectivity index (χ0n) is 11.1. The number of hydrogen-bond donors (Lipinski definition) is 2. The van der Waals surface area contributed by atoms with Crippen LogP contribution in [-0.4, -0.2) is 15.0 Å². The topological polar surface area (TPSA) is 72.2 Å². The maximum absolute atomic E-state index is 12.1. The van der Waals surface area contributed by atoms with Crippen molar-refractivity contribution in [2.24, 2.45) is 5.73 Å². The quantitative estimate of drug-likeness (QED) is 0.769. The maximum atomic E-state index is 12.1. The number of thiophene rings is 1. The Kier molecular flexibility index (Phi) is 5.31. The van der Waals surface area contributed by atoms with E-state index in [9.17, 15) is 8.42 Å². The van der Waals surface area contributed by atoms with E-state index in [1.807, 2.05) is 30.3 Å². The van der Waals surface area contributed by atoms with Gasteiger partial charge in [-0.2, -0.15) is 0 Å². The first-order chi connectivity index (χ1) is 9.63. The molecule has 2 rings (SSSR count). The predicted octanol–water partition coefficient (Wildman–Crippen LogP) is 2.12. The Morgan fingerprint density at radius 1 is 1.15 bits per heavy atom. The summed E-state index contributed by atoms with van der Waals surface area (Å²) in [5.74, 6) is 0. The van der Waals surface area contributed by atoms with Gasteiger partial charge < -0.3 is 5.73 Å². The number of hydrogen-bond acceptors (Lipinski definition) is 4. The van der Waals surface area contributed by atoms with Gasteiger partial charge in [0.2, 0.25) is 10.0 Å². The Bertz CT molecular complexity index is 636. The van der Waals surface area contributed by atoms with E-state index in [4.69, 9.17) is 5.73 Å². The van der Waals surface area contributed by atoms with E-state index < -0.39 is 10.0 Å². The molecule has 0 fully saturated rings. The largest absolute Gasteiger partial charge is 0.326 e. The van der Waals surface area contributed by atoms with E-state index in [1.165, 1.54) is 16.9 Å². The molecule has 1 aromatic carbocycles. The van der Waals surface area contributed by atoms with Crippen LogP contribution in [0.2, 0.25) is 0 Å².